The highest BCUT2D eigenvalue weighted by molar-refractivity contribution is 6.31. The van der Waals surface area contributed by atoms with E-state index in [-0.39, 0.29) is 5.91 Å². The molecule has 25 heavy (non-hydrogen) atoms. The number of aromatic nitrogens is 1. The molecule has 0 atom stereocenters. The molecule has 1 amide bonds. The first-order valence-electron chi connectivity index (χ1n) is 8.93. The predicted molar refractivity (Wildman–Crippen MR) is 102 cm³/mol. The third kappa shape index (κ3) is 4.69. The molecule has 1 aliphatic heterocycles. The average molecular weight is 361 g/mol. The van der Waals surface area contributed by atoms with E-state index >= 15 is 0 Å². The first-order valence-corrected chi connectivity index (χ1v) is 9.31. The minimum Gasteiger partial charge on any atom is -0.352 e. The lowest BCUT2D eigenvalue weighted by Crippen LogP contribution is -2.46. The Hall–Kier alpha value is -1.69. The number of amides is 1. The highest BCUT2D eigenvalue weighted by atomic mass is 35.5. The quantitative estimate of drug-likeness (QED) is 0.804. The average Bonchev–Trinajstić information content (AvgIpc) is 2.64. The molecule has 0 aliphatic carbocycles. The maximum absolute atomic E-state index is 12.5. The summed E-state index contributed by atoms with van der Waals surface area (Å²) >= 11 is 6.01. The van der Waals surface area contributed by atoms with Gasteiger partial charge in [0.1, 0.15) is 0 Å². The molecule has 2 heterocycles. The molecule has 1 aromatic carbocycles. The summed E-state index contributed by atoms with van der Waals surface area (Å²) in [5.74, 6) is -0.0729. The minimum atomic E-state index is -0.0729. The number of piperazine rings is 1. The van der Waals surface area contributed by atoms with Crippen LogP contribution in [0.4, 0.5) is 0 Å². The van der Waals surface area contributed by atoms with Crippen molar-refractivity contribution in [3.63, 3.8) is 0 Å². The molecule has 0 radical (unpaired) electrons. The lowest BCUT2D eigenvalue weighted by Gasteiger charge is -2.33. The molecule has 0 spiro atoms. The van der Waals surface area contributed by atoms with Gasteiger partial charge >= 0.3 is 0 Å². The molecule has 0 bridgehead atoms. The number of fused-ring (bicyclic) bond motifs is 1. The smallest absolute Gasteiger partial charge is 0.253 e. The molecule has 1 N–H and O–H groups in total. The molecule has 1 fully saturated rings. The van der Waals surface area contributed by atoms with Crippen LogP contribution in [-0.2, 0) is 0 Å². The number of carbonyl (C=O) groups excluding carboxylic acids is 1. The van der Waals surface area contributed by atoms with E-state index in [1.54, 1.807) is 18.5 Å². The summed E-state index contributed by atoms with van der Waals surface area (Å²) in [5.41, 5.74) is 0.603. The number of nitrogens with one attached hydrogen (secondary N) is 1. The molecule has 6 heteroatoms. The van der Waals surface area contributed by atoms with Gasteiger partial charge in [-0.05, 0) is 37.0 Å². The van der Waals surface area contributed by atoms with Gasteiger partial charge in [-0.2, -0.15) is 0 Å². The Kier molecular flexibility index (Phi) is 6.24. The first kappa shape index (κ1) is 18.1. The fourth-order valence-corrected chi connectivity index (χ4v) is 3.44. The number of benzene rings is 1. The van der Waals surface area contributed by atoms with Crippen LogP contribution < -0.4 is 5.32 Å². The molecular formula is C19H25ClN4O. The van der Waals surface area contributed by atoms with Crippen LogP contribution in [0.1, 0.15) is 23.7 Å². The second-order valence-electron chi connectivity index (χ2n) is 6.44. The Bertz CT molecular complexity index is 728. The summed E-state index contributed by atoms with van der Waals surface area (Å²) in [5, 5.41) is 5.43. The van der Waals surface area contributed by atoms with Crippen molar-refractivity contribution in [3.8, 4) is 0 Å². The first-order chi connectivity index (χ1) is 12.2. The third-order valence-electron chi connectivity index (χ3n) is 4.81. The van der Waals surface area contributed by atoms with E-state index in [9.17, 15) is 4.79 Å². The lowest BCUT2D eigenvalue weighted by atomic mass is 10.1. The highest BCUT2D eigenvalue weighted by Gasteiger charge is 2.15. The minimum absolute atomic E-state index is 0.0729. The van der Waals surface area contributed by atoms with Gasteiger partial charge in [0.15, 0.2) is 0 Å². The van der Waals surface area contributed by atoms with Crippen LogP contribution in [0.5, 0.6) is 0 Å². The monoisotopic (exact) mass is 360 g/mol. The fraction of sp³-hybridized carbons (Fsp3) is 0.474. The van der Waals surface area contributed by atoms with Crippen LogP contribution in [0.3, 0.4) is 0 Å². The van der Waals surface area contributed by atoms with Crippen molar-refractivity contribution in [1.29, 1.82) is 0 Å². The SMILES string of the molecule is CCN1CCN(CCCNC(=O)c2cncc3cc(Cl)ccc23)CC1. The molecule has 1 aromatic heterocycles. The largest absolute Gasteiger partial charge is 0.352 e. The Balaban J connectivity index is 1.49. The molecule has 5 nitrogen and oxygen atoms in total. The Morgan fingerprint density at radius 2 is 1.96 bits per heavy atom. The van der Waals surface area contributed by atoms with Crippen LogP contribution >= 0.6 is 11.6 Å². The second-order valence-corrected chi connectivity index (χ2v) is 6.87. The van der Waals surface area contributed by atoms with Gasteiger partial charge in [-0.1, -0.05) is 24.6 Å². The highest BCUT2D eigenvalue weighted by Crippen LogP contribution is 2.21. The van der Waals surface area contributed by atoms with E-state index < -0.39 is 0 Å². The number of carbonyl (C=O) groups is 1. The Morgan fingerprint density at radius 3 is 2.72 bits per heavy atom. The third-order valence-corrected chi connectivity index (χ3v) is 5.05. The molecule has 0 saturated carbocycles. The number of hydrogen-bond acceptors (Lipinski definition) is 4. The van der Waals surface area contributed by atoms with Crippen molar-refractivity contribution in [3.05, 3.63) is 41.2 Å². The van der Waals surface area contributed by atoms with Crippen molar-refractivity contribution in [2.24, 2.45) is 0 Å². The van der Waals surface area contributed by atoms with Crippen LogP contribution in [0.25, 0.3) is 10.8 Å². The van der Waals surface area contributed by atoms with E-state index in [1.165, 1.54) is 0 Å². The van der Waals surface area contributed by atoms with Crippen molar-refractivity contribution >= 4 is 28.3 Å². The molecule has 0 unspecified atom stereocenters. The standard InChI is InChI=1S/C19H25ClN4O/c1-2-23-8-10-24(11-9-23)7-3-6-22-19(25)18-14-21-13-15-12-16(20)4-5-17(15)18/h4-5,12-14H,2-3,6-11H2,1H3,(H,22,25). The van der Waals surface area contributed by atoms with Crippen molar-refractivity contribution in [2.45, 2.75) is 13.3 Å². The van der Waals surface area contributed by atoms with Gasteiger partial charge < -0.3 is 15.1 Å². The van der Waals surface area contributed by atoms with E-state index in [2.05, 4.69) is 27.0 Å². The number of hydrogen-bond donors (Lipinski definition) is 1. The molecule has 134 valence electrons. The summed E-state index contributed by atoms with van der Waals surface area (Å²) in [6.45, 7) is 9.58. The maximum Gasteiger partial charge on any atom is 0.253 e. The second kappa shape index (κ2) is 8.61. The van der Waals surface area contributed by atoms with E-state index in [4.69, 9.17) is 11.6 Å². The maximum atomic E-state index is 12.5. The van der Waals surface area contributed by atoms with Crippen LogP contribution in [0.2, 0.25) is 5.02 Å². The van der Waals surface area contributed by atoms with E-state index in [0.717, 1.165) is 56.5 Å². The van der Waals surface area contributed by atoms with Crippen LogP contribution in [0, 0.1) is 0 Å². The number of pyridine rings is 1. The molecule has 1 saturated heterocycles. The molecule has 3 rings (SSSR count). The van der Waals surface area contributed by atoms with Crippen molar-refractivity contribution in [1.82, 2.24) is 20.1 Å². The predicted octanol–water partition coefficient (Wildman–Crippen LogP) is 2.65. The summed E-state index contributed by atoms with van der Waals surface area (Å²) in [6, 6.07) is 5.51. The zero-order chi connectivity index (χ0) is 17.6. The Morgan fingerprint density at radius 1 is 1.20 bits per heavy atom. The van der Waals surface area contributed by atoms with Gasteiger partial charge in [0.25, 0.3) is 5.91 Å². The number of likely N-dealkylation sites (N-methyl/N-ethyl adjacent to an activating group) is 1. The van der Waals surface area contributed by atoms with Gasteiger partial charge in [0, 0.05) is 55.5 Å². The summed E-state index contributed by atoms with van der Waals surface area (Å²) in [7, 11) is 0. The van der Waals surface area contributed by atoms with Gasteiger partial charge in [0.05, 0.1) is 5.56 Å². The van der Waals surface area contributed by atoms with Crippen LogP contribution in [-0.4, -0.2) is 66.5 Å². The van der Waals surface area contributed by atoms with Crippen molar-refractivity contribution in [2.75, 3.05) is 45.8 Å². The zero-order valence-electron chi connectivity index (χ0n) is 14.7. The lowest BCUT2D eigenvalue weighted by molar-refractivity contribution is 0.0949. The normalized spacial score (nSPS) is 16.2. The molecule has 1 aliphatic rings. The number of halogens is 1. The summed E-state index contributed by atoms with van der Waals surface area (Å²) in [4.78, 5) is 21.6. The topological polar surface area (TPSA) is 48.5 Å². The van der Waals surface area contributed by atoms with E-state index in [1.807, 2.05) is 12.1 Å². The molecular weight excluding hydrogens is 336 g/mol. The van der Waals surface area contributed by atoms with Gasteiger partial charge in [0.2, 0.25) is 0 Å². The van der Waals surface area contributed by atoms with Gasteiger partial charge in [-0.3, -0.25) is 9.78 Å². The van der Waals surface area contributed by atoms with Gasteiger partial charge in [-0.15, -0.1) is 0 Å². The number of rotatable bonds is 6. The van der Waals surface area contributed by atoms with Gasteiger partial charge in [-0.25, -0.2) is 0 Å². The van der Waals surface area contributed by atoms with Crippen molar-refractivity contribution < 1.29 is 4.79 Å². The van der Waals surface area contributed by atoms with Crippen LogP contribution in [0.15, 0.2) is 30.6 Å². The zero-order valence-corrected chi connectivity index (χ0v) is 15.4. The summed E-state index contributed by atoms with van der Waals surface area (Å²) < 4.78 is 0. The summed E-state index contributed by atoms with van der Waals surface area (Å²) in [6.07, 6.45) is 4.31. The fourth-order valence-electron chi connectivity index (χ4n) is 3.26. The number of nitrogens with zero attached hydrogens (tertiary/aromatic N) is 3. The molecule has 2 aromatic rings. The van der Waals surface area contributed by atoms with E-state index in [0.29, 0.717) is 17.1 Å². The Labute approximate surface area is 154 Å².